The van der Waals surface area contributed by atoms with E-state index in [1.807, 2.05) is 11.5 Å². The lowest BCUT2D eigenvalue weighted by Crippen LogP contribution is -2.18. The second-order valence-corrected chi connectivity index (χ2v) is 7.48. The number of rotatable bonds is 4. The number of aromatic nitrogens is 1. The van der Waals surface area contributed by atoms with Gasteiger partial charge in [-0.2, -0.15) is 0 Å². The Morgan fingerprint density at radius 1 is 1.36 bits per heavy atom. The Hall–Kier alpha value is -2.08. The molecular weight excluding hydrogens is 334 g/mol. The Kier molecular flexibility index (Phi) is 5.58. The smallest absolute Gasteiger partial charge is 0.183 e. The van der Waals surface area contributed by atoms with Crippen molar-refractivity contribution in [1.29, 1.82) is 0 Å². The predicted molar refractivity (Wildman–Crippen MR) is 103 cm³/mol. The topological polar surface area (TPSA) is 66.7 Å². The Labute approximate surface area is 152 Å². The SMILES string of the molecule is CO/C1=C/C2CC(/C=C\C1)/C(O)=C\CC(c1csc(NC(C)C)n1)=N2. The van der Waals surface area contributed by atoms with E-state index in [4.69, 9.17) is 9.73 Å². The fourth-order valence-electron chi connectivity index (χ4n) is 2.99. The summed E-state index contributed by atoms with van der Waals surface area (Å²) < 4.78 is 5.45. The third kappa shape index (κ3) is 4.51. The zero-order valence-corrected chi connectivity index (χ0v) is 15.7. The average molecular weight is 359 g/mol. The second-order valence-electron chi connectivity index (χ2n) is 6.62. The van der Waals surface area contributed by atoms with Gasteiger partial charge in [0.05, 0.1) is 36.1 Å². The van der Waals surface area contributed by atoms with Crippen LogP contribution in [0.25, 0.3) is 0 Å². The van der Waals surface area contributed by atoms with Gasteiger partial charge in [0.15, 0.2) is 5.13 Å². The van der Waals surface area contributed by atoms with Crippen molar-refractivity contribution in [3.05, 3.63) is 46.9 Å². The number of methoxy groups -OCH3 is 1. The van der Waals surface area contributed by atoms with Gasteiger partial charge in [-0.25, -0.2) is 4.98 Å². The lowest BCUT2D eigenvalue weighted by molar-refractivity contribution is 0.278. The molecule has 6 heteroatoms. The second kappa shape index (κ2) is 7.87. The summed E-state index contributed by atoms with van der Waals surface area (Å²) in [5, 5.41) is 16.7. The standard InChI is InChI=1S/C19H25N3O2S/c1-12(2)20-19-22-17(11-25-19)16-7-8-18(23)13-5-4-6-15(24-3)10-14(9-13)21-16/h4-5,8,10-14,23H,6-7,9H2,1-3H3,(H,20,22)/b5-4-,15-10+,18-8+,21-16?. The molecule has 2 atom stereocenters. The average Bonchev–Trinajstić information content (AvgIpc) is 2.98. The van der Waals surface area contributed by atoms with Crippen molar-refractivity contribution < 1.29 is 9.84 Å². The van der Waals surface area contributed by atoms with Crippen LogP contribution in [-0.4, -0.2) is 35.0 Å². The summed E-state index contributed by atoms with van der Waals surface area (Å²) in [6, 6.07) is 0.312. The quantitative estimate of drug-likeness (QED) is 0.779. The number of hydrogen-bond acceptors (Lipinski definition) is 6. The van der Waals surface area contributed by atoms with E-state index in [1.165, 1.54) is 0 Å². The number of aliphatic hydroxyl groups is 1. The largest absolute Gasteiger partial charge is 0.512 e. The summed E-state index contributed by atoms with van der Waals surface area (Å²) in [5.74, 6) is 1.34. The van der Waals surface area contributed by atoms with Crippen molar-refractivity contribution in [3.8, 4) is 0 Å². The first-order valence-corrected chi connectivity index (χ1v) is 9.52. The summed E-state index contributed by atoms with van der Waals surface area (Å²) in [5.41, 5.74) is 1.78. The van der Waals surface area contributed by atoms with Gasteiger partial charge in [0.1, 0.15) is 0 Å². The van der Waals surface area contributed by atoms with Gasteiger partial charge in [0.2, 0.25) is 0 Å². The maximum Gasteiger partial charge on any atom is 0.183 e. The molecule has 0 amide bonds. The van der Waals surface area contributed by atoms with E-state index in [-0.39, 0.29) is 12.0 Å². The van der Waals surface area contributed by atoms with E-state index in [1.54, 1.807) is 18.4 Å². The molecule has 2 unspecified atom stereocenters. The van der Waals surface area contributed by atoms with Gasteiger partial charge < -0.3 is 15.2 Å². The van der Waals surface area contributed by atoms with Crippen LogP contribution in [0.1, 0.15) is 38.8 Å². The zero-order valence-electron chi connectivity index (χ0n) is 14.9. The molecular formula is C19H25N3O2S. The normalized spacial score (nSPS) is 29.0. The molecule has 1 aromatic heterocycles. The van der Waals surface area contributed by atoms with E-state index in [0.717, 1.165) is 35.1 Å². The van der Waals surface area contributed by atoms with Crippen molar-refractivity contribution in [3.63, 3.8) is 0 Å². The fraction of sp³-hybridized carbons (Fsp3) is 0.474. The van der Waals surface area contributed by atoms with Crippen LogP contribution in [0.2, 0.25) is 0 Å². The van der Waals surface area contributed by atoms with Gasteiger partial charge in [0.25, 0.3) is 0 Å². The molecule has 5 nitrogen and oxygen atoms in total. The highest BCUT2D eigenvalue weighted by atomic mass is 32.1. The van der Waals surface area contributed by atoms with Crippen LogP contribution in [0.5, 0.6) is 0 Å². The third-order valence-corrected chi connectivity index (χ3v) is 5.01. The molecule has 0 radical (unpaired) electrons. The molecule has 134 valence electrons. The molecule has 3 rings (SSSR count). The minimum Gasteiger partial charge on any atom is -0.512 e. The predicted octanol–water partition coefficient (Wildman–Crippen LogP) is 4.46. The van der Waals surface area contributed by atoms with E-state index >= 15 is 0 Å². The van der Waals surface area contributed by atoms with Gasteiger partial charge in [-0.3, -0.25) is 4.99 Å². The number of allylic oxidation sites excluding steroid dienone is 3. The fourth-order valence-corrected chi connectivity index (χ4v) is 3.86. The molecule has 1 aromatic rings. The molecule has 0 saturated carbocycles. The number of nitrogens with zero attached hydrogens (tertiary/aromatic N) is 2. The minimum absolute atomic E-state index is 0.0126. The molecule has 0 aromatic carbocycles. The molecule has 0 fully saturated rings. The summed E-state index contributed by atoms with van der Waals surface area (Å²) >= 11 is 1.58. The summed E-state index contributed by atoms with van der Waals surface area (Å²) in [6.45, 7) is 4.18. The molecule has 1 aliphatic heterocycles. The van der Waals surface area contributed by atoms with Gasteiger partial charge in [-0.15, -0.1) is 11.3 Å². The number of aliphatic imine (C=N–C) groups is 1. The van der Waals surface area contributed by atoms with Crippen molar-refractivity contribution in [1.82, 2.24) is 4.98 Å². The molecule has 2 bridgehead atoms. The Morgan fingerprint density at radius 3 is 2.96 bits per heavy atom. The number of thiazole rings is 1. The summed E-state index contributed by atoms with van der Waals surface area (Å²) in [6.07, 6.45) is 10.1. The van der Waals surface area contributed by atoms with Crippen molar-refractivity contribution in [2.75, 3.05) is 12.4 Å². The van der Waals surface area contributed by atoms with Crippen LogP contribution in [-0.2, 0) is 4.74 Å². The van der Waals surface area contributed by atoms with Crippen LogP contribution in [0, 0.1) is 5.92 Å². The Bertz CT molecular complexity index is 731. The molecule has 0 saturated heterocycles. The molecule has 2 heterocycles. The van der Waals surface area contributed by atoms with Crippen LogP contribution < -0.4 is 5.32 Å². The summed E-state index contributed by atoms with van der Waals surface area (Å²) in [4.78, 5) is 9.60. The van der Waals surface area contributed by atoms with E-state index in [9.17, 15) is 5.11 Å². The first kappa shape index (κ1) is 17.7. The van der Waals surface area contributed by atoms with Gasteiger partial charge in [-0.05, 0) is 32.4 Å². The molecule has 25 heavy (non-hydrogen) atoms. The molecule has 2 aliphatic rings. The first-order valence-electron chi connectivity index (χ1n) is 8.64. The minimum atomic E-state index is -0.0287. The molecule has 0 spiro atoms. The highest BCUT2D eigenvalue weighted by Crippen LogP contribution is 2.28. The molecule has 1 aliphatic carbocycles. The molecule has 2 N–H and O–H groups in total. The number of nitrogens with one attached hydrogen (secondary N) is 1. The van der Waals surface area contributed by atoms with Crippen LogP contribution in [0.4, 0.5) is 5.13 Å². The van der Waals surface area contributed by atoms with Crippen LogP contribution in [0.3, 0.4) is 0 Å². The highest BCUT2D eigenvalue weighted by molar-refractivity contribution is 7.13. The number of hydrogen-bond donors (Lipinski definition) is 2. The number of anilines is 1. The zero-order chi connectivity index (χ0) is 17.8. The van der Waals surface area contributed by atoms with E-state index < -0.39 is 0 Å². The Balaban J connectivity index is 1.92. The Morgan fingerprint density at radius 2 is 2.20 bits per heavy atom. The highest BCUT2D eigenvalue weighted by Gasteiger charge is 2.22. The summed E-state index contributed by atoms with van der Waals surface area (Å²) in [7, 11) is 1.69. The first-order chi connectivity index (χ1) is 12.0. The third-order valence-electron chi connectivity index (χ3n) is 4.24. The van der Waals surface area contributed by atoms with Gasteiger partial charge in [-0.1, -0.05) is 12.2 Å². The van der Waals surface area contributed by atoms with E-state index in [0.29, 0.717) is 18.2 Å². The van der Waals surface area contributed by atoms with Gasteiger partial charge >= 0.3 is 0 Å². The monoisotopic (exact) mass is 359 g/mol. The van der Waals surface area contributed by atoms with Crippen molar-refractivity contribution >= 4 is 22.2 Å². The number of aliphatic hydroxyl groups excluding tert-OH is 1. The maximum absolute atomic E-state index is 10.4. The lowest BCUT2D eigenvalue weighted by atomic mass is 9.92. The van der Waals surface area contributed by atoms with Crippen LogP contribution >= 0.6 is 11.3 Å². The number of fused-ring (bicyclic) bond motifs is 2. The van der Waals surface area contributed by atoms with E-state index in [2.05, 4.69) is 42.4 Å². The van der Waals surface area contributed by atoms with Gasteiger partial charge in [0, 0.05) is 30.2 Å². The van der Waals surface area contributed by atoms with Crippen molar-refractivity contribution in [2.45, 2.75) is 45.2 Å². The van der Waals surface area contributed by atoms with Crippen molar-refractivity contribution in [2.24, 2.45) is 10.9 Å². The number of ether oxygens (including phenoxy) is 1. The van der Waals surface area contributed by atoms with Crippen LogP contribution in [0.15, 0.2) is 46.2 Å². The maximum atomic E-state index is 10.4. The lowest BCUT2D eigenvalue weighted by Gasteiger charge is -2.22.